The maximum absolute atomic E-state index is 11.6. The Morgan fingerprint density at radius 3 is 2.78 bits per heavy atom. The Hall–Kier alpha value is -2.05. The highest BCUT2D eigenvalue weighted by Crippen LogP contribution is 2.16. The van der Waals surface area contributed by atoms with Gasteiger partial charge in [-0.3, -0.25) is 4.79 Å². The van der Waals surface area contributed by atoms with Crippen molar-refractivity contribution in [1.82, 2.24) is 15.4 Å². The fraction of sp³-hybridized carbons (Fsp3) is 0.545. The van der Waals surface area contributed by atoms with Crippen LogP contribution in [0.2, 0.25) is 0 Å². The molecule has 1 aromatic heterocycles. The largest absolute Gasteiger partial charge is 0.465 e. The number of carbonyl (C=O) groups excluding carboxylic acids is 1. The molecule has 1 fully saturated rings. The molecule has 0 aliphatic carbocycles. The van der Waals surface area contributed by atoms with E-state index in [-0.39, 0.29) is 11.7 Å². The van der Waals surface area contributed by atoms with Gasteiger partial charge < -0.3 is 19.8 Å². The van der Waals surface area contributed by atoms with Crippen LogP contribution in [0.25, 0.3) is 0 Å². The number of hydrogen-bond acceptors (Lipinski definition) is 4. The lowest BCUT2D eigenvalue weighted by molar-refractivity contribution is 0.0893. The van der Waals surface area contributed by atoms with Crippen molar-refractivity contribution in [3.8, 4) is 0 Å². The Morgan fingerprint density at radius 2 is 2.22 bits per heavy atom. The number of hydrogen-bond donors (Lipinski definition) is 2. The Morgan fingerprint density at radius 1 is 1.50 bits per heavy atom. The van der Waals surface area contributed by atoms with E-state index in [1.54, 1.807) is 0 Å². The summed E-state index contributed by atoms with van der Waals surface area (Å²) in [4.78, 5) is 23.7. The van der Waals surface area contributed by atoms with Crippen molar-refractivity contribution < 1.29 is 19.2 Å². The minimum Gasteiger partial charge on any atom is -0.465 e. The molecule has 0 bridgehead atoms. The predicted molar refractivity (Wildman–Crippen MR) is 61.2 cm³/mol. The SMILES string of the molecule is O=C(NCC1CCN(C(=O)O)CC1)c1ccno1. The first-order valence-electron chi connectivity index (χ1n) is 5.83. The van der Waals surface area contributed by atoms with E-state index in [0.29, 0.717) is 25.6 Å². The van der Waals surface area contributed by atoms with E-state index in [9.17, 15) is 9.59 Å². The third-order valence-corrected chi connectivity index (χ3v) is 3.10. The van der Waals surface area contributed by atoms with Gasteiger partial charge in [-0.15, -0.1) is 0 Å². The molecule has 0 atom stereocenters. The second-order valence-electron chi connectivity index (χ2n) is 4.30. The van der Waals surface area contributed by atoms with Crippen LogP contribution in [0.3, 0.4) is 0 Å². The molecule has 1 aliphatic heterocycles. The van der Waals surface area contributed by atoms with E-state index in [1.165, 1.54) is 17.2 Å². The zero-order chi connectivity index (χ0) is 13.0. The normalized spacial score (nSPS) is 16.6. The van der Waals surface area contributed by atoms with Crippen molar-refractivity contribution in [2.45, 2.75) is 12.8 Å². The highest BCUT2D eigenvalue weighted by Gasteiger charge is 2.22. The summed E-state index contributed by atoms with van der Waals surface area (Å²) < 4.78 is 4.74. The van der Waals surface area contributed by atoms with Crippen LogP contribution in [0, 0.1) is 5.92 Å². The van der Waals surface area contributed by atoms with Gasteiger partial charge in [0.1, 0.15) is 0 Å². The monoisotopic (exact) mass is 253 g/mol. The topological polar surface area (TPSA) is 95.7 Å². The van der Waals surface area contributed by atoms with Crippen molar-refractivity contribution in [2.24, 2.45) is 5.92 Å². The summed E-state index contributed by atoms with van der Waals surface area (Å²) in [7, 11) is 0. The maximum Gasteiger partial charge on any atom is 0.407 e. The zero-order valence-corrected chi connectivity index (χ0v) is 9.83. The molecule has 1 saturated heterocycles. The average Bonchev–Trinajstić information content (AvgIpc) is 2.90. The van der Waals surface area contributed by atoms with E-state index in [2.05, 4.69) is 10.5 Å². The van der Waals surface area contributed by atoms with E-state index in [4.69, 9.17) is 9.63 Å². The molecule has 0 aromatic carbocycles. The number of nitrogens with zero attached hydrogens (tertiary/aromatic N) is 2. The molecule has 7 nitrogen and oxygen atoms in total. The summed E-state index contributed by atoms with van der Waals surface area (Å²) in [5, 5.41) is 15.0. The number of nitrogens with one attached hydrogen (secondary N) is 1. The molecule has 0 saturated carbocycles. The Balaban J connectivity index is 1.72. The molecule has 0 radical (unpaired) electrons. The Bertz CT molecular complexity index is 410. The molecule has 2 heterocycles. The van der Waals surface area contributed by atoms with Crippen LogP contribution >= 0.6 is 0 Å². The molecule has 1 aromatic rings. The molecule has 0 unspecified atom stereocenters. The third-order valence-electron chi connectivity index (χ3n) is 3.10. The van der Waals surface area contributed by atoms with Gasteiger partial charge in [0.2, 0.25) is 5.76 Å². The highest BCUT2D eigenvalue weighted by atomic mass is 16.5. The van der Waals surface area contributed by atoms with Gasteiger partial charge in [-0.2, -0.15) is 0 Å². The molecule has 98 valence electrons. The quantitative estimate of drug-likeness (QED) is 0.830. The van der Waals surface area contributed by atoms with Gasteiger partial charge in [-0.05, 0) is 18.8 Å². The summed E-state index contributed by atoms with van der Waals surface area (Å²) in [6.45, 7) is 1.59. The Kier molecular flexibility index (Phi) is 3.81. The van der Waals surface area contributed by atoms with Crippen molar-refractivity contribution in [3.63, 3.8) is 0 Å². The fourth-order valence-electron chi connectivity index (χ4n) is 1.99. The summed E-state index contributed by atoms with van der Waals surface area (Å²) >= 11 is 0. The highest BCUT2D eigenvalue weighted by molar-refractivity contribution is 5.91. The van der Waals surface area contributed by atoms with Gasteiger partial charge in [0.25, 0.3) is 5.91 Å². The third kappa shape index (κ3) is 2.99. The van der Waals surface area contributed by atoms with E-state index in [1.807, 2.05) is 0 Å². The number of carbonyl (C=O) groups is 2. The summed E-state index contributed by atoms with van der Waals surface area (Å²) in [6, 6.07) is 1.50. The van der Waals surface area contributed by atoms with Gasteiger partial charge in [0, 0.05) is 25.7 Å². The molecule has 1 aliphatic rings. The standard InChI is InChI=1S/C11H15N3O4/c15-10(9-1-4-13-18-9)12-7-8-2-5-14(6-3-8)11(16)17/h1,4,8H,2-3,5-7H2,(H,12,15)(H,16,17). The lowest BCUT2D eigenvalue weighted by Gasteiger charge is -2.29. The molecular formula is C11H15N3O4. The number of likely N-dealkylation sites (tertiary alicyclic amines) is 1. The number of aromatic nitrogens is 1. The molecule has 7 heteroatoms. The lowest BCUT2D eigenvalue weighted by Crippen LogP contribution is -2.40. The fourth-order valence-corrected chi connectivity index (χ4v) is 1.99. The minimum absolute atomic E-state index is 0.193. The van der Waals surface area contributed by atoms with Gasteiger partial charge in [0.15, 0.2) is 0 Å². The predicted octanol–water partition coefficient (Wildman–Crippen LogP) is 0.794. The molecule has 2 N–H and O–H groups in total. The summed E-state index contributed by atoms with van der Waals surface area (Å²) in [5.41, 5.74) is 0. The summed E-state index contributed by atoms with van der Waals surface area (Å²) in [5.74, 6) is 0.221. The first-order chi connectivity index (χ1) is 8.66. The summed E-state index contributed by atoms with van der Waals surface area (Å²) in [6.07, 6.45) is 2.07. The Labute approximate surface area is 104 Å². The van der Waals surface area contributed by atoms with Crippen molar-refractivity contribution >= 4 is 12.0 Å². The van der Waals surface area contributed by atoms with Crippen LogP contribution < -0.4 is 5.32 Å². The number of carboxylic acid groups (broad SMARTS) is 1. The lowest BCUT2D eigenvalue weighted by atomic mass is 9.97. The van der Waals surface area contributed by atoms with E-state index >= 15 is 0 Å². The van der Waals surface area contributed by atoms with Crippen molar-refractivity contribution in [1.29, 1.82) is 0 Å². The molecule has 2 rings (SSSR count). The second-order valence-corrected chi connectivity index (χ2v) is 4.30. The van der Waals surface area contributed by atoms with Crippen LogP contribution in [-0.4, -0.2) is 46.8 Å². The first kappa shape index (κ1) is 12.4. The van der Waals surface area contributed by atoms with Crippen LogP contribution in [0.15, 0.2) is 16.8 Å². The van der Waals surface area contributed by atoms with E-state index < -0.39 is 6.09 Å². The smallest absolute Gasteiger partial charge is 0.407 e. The number of rotatable bonds is 3. The molecular weight excluding hydrogens is 238 g/mol. The van der Waals surface area contributed by atoms with Gasteiger partial charge >= 0.3 is 6.09 Å². The van der Waals surface area contributed by atoms with Crippen LogP contribution in [0.1, 0.15) is 23.4 Å². The minimum atomic E-state index is -0.876. The van der Waals surface area contributed by atoms with Gasteiger partial charge in [-0.25, -0.2) is 4.79 Å². The second kappa shape index (κ2) is 5.52. The van der Waals surface area contributed by atoms with Crippen LogP contribution in [0.5, 0.6) is 0 Å². The zero-order valence-electron chi connectivity index (χ0n) is 9.83. The van der Waals surface area contributed by atoms with E-state index in [0.717, 1.165) is 12.8 Å². The van der Waals surface area contributed by atoms with Crippen LogP contribution in [-0.2, 0) is 0 Å². The first-order valence-corrected chi connectivity index (χ1v) is 5.83. The van der Waals surface area contributed by atoms with Crippen LogP contribution in [0.4, 0.5) is 4.79 Å². The van der Waals surface area contributed by atoms with Crippen molar-refractivity contribution in [2.75, 3.05) is 19.6 Å². The molecule has 0 spiro atoms. The molecule has 2 amide bonds. The van der Waals surface area contributed by atoms with Crippen molar-refractivity contribution in [3.05, 3.63) is 18.0 Å². The number of amides is 2. The molecule has 18 heavy (non-hydrogen) atoms. The maximum atomic E-state index is 11.6. The van der Waals surface area contributed by atoms with Gasteiger partial charge in [0.05, 0.1) is 6.20 Å². The average molecular weight is 253 g/mol. The van der Waals surface area contributed by atoms with Gasteiger partial charge in [-0.1, -0.05) is 5.16 Å². The number of piperidine rings is 1.